The molecule has 2 rings (SSSR count). The summed E-state index contributed by atoms with van der Waals surface area (Å²) in [6, 6.07) is 10.0. The third-order valence-corrected chi connectivity index (χ3v) is 4.40. The zero-order valence-electron chi connectivity index (χ0n) is 13.0. The molecule has 0 radical (unpaired) electrons. The second-order valence-electron chi connectivity index (χ2n) is 6.51. The standard InChI is InChI=1S/C17H28N2O/c1-4-18-10-12-19(13-11-18)14-17(2,3)16(20)15-8-6-5-7-9-15/h5-9,16,20H,4,10-14H2,1-3H3. The minimum atomic E-state index is -0.409. The van der Waals surface area contributed by atoms with Crippen molar-refractivity contribution in [2.75, 3.05) is 39.3 Å². The predicted octanol–water partition coefficient (Wildman–Crippen LogP) is 2.38. The Labute approximate surface area is 123 Å². The van der Waals surface area contributed by atoms with Crippen molar-refractivity contribution >= 4 is 0 Å². The van der Waals surface area contributed by atoms with E-state index in [9.17, 15) is 5.11 Å². The molecule has 1 heterocycles. The summed E-state index contributed by atoms with van der Waals surface area (Å²) in [6.45, 7) is 13.1. The van der Waals surface area contributed by atoms with Crippen LogP contribution < -0.4 is 0 Å². The van der Waals surface area contributed by atoms with E-state index >= 15 is 0 Å². The molecule has 3 heteroatoms. The van der Waals surface area contributed by atoms with Crippen LogP contribution in [0.1, 0.15) is 32.4 Å². The SMILES string of the molecule is CCN1CCN(CC(C)(C)C(O)c2ccccc2)CC1. The Kier molecular flexibility index (Phi) is 5.19. The molecular formula is C17H28N2O. The van der Waals surface area contributed by atoms with Crippen LogP contribution in [-0.2, 0) is 0 Å². The first kappa shape index (κ1) is 15.5. The Hall–Kier alpha value is -0.900. The first-order chi connectivity index (χ1) is 9.53. The Morgan fingerprint density at radius 2 is 1.60 bits per heavy atom. The molecule has 1 aliphatic rings. The maximum atomic E-state index is 10.6. The molecule has 1 N–H and O–H groups in total. The van der Waals surface area contributed by atoms with Gasteiger partial charge in [0.15, 0.2) is 0 Å². The smallest absolute Gasteiger partial charge is 0.0853 e. The van der Waals surface area contributed by atoms with Gasteiger partial charge in [-0.05, 0) is 12.1 Å². The maximum Gasteiger partial charge on any atom is 0.0853 e. The van der Waals surface area contributed by atoms with E-state index in [4.69, 9.17) is 0 Å². The molecule has 0 aliphatic carbocycles. The molecule has 1 aromatic carbocycles. The van der Waals surface area contributed by atoms with Gasteiger partial charge in [0.05, 0.1) is 6.10 Å². The summed E-state index contributed by atoms with van der Waals surface area (Å²) in [6.07, 6.45) is -0.409. The zero-order chi connectivity index (χ0) is 14.6. The molecule has 1 aliphatic heterocycles. The highest BCUT2D eigenvalue weighted by Crippen LogP contribution is 2.34. The van der Waals surface area contributed by atoms with Crippen molar-refractivity contribution in [1.82, 2.24) is 9.80 Å². The number of hydrogen-bond acceptors (Lipinski definition) is 3. The van der Waals surface area contributed by atoms with Crippen molar-refractivity contribution in [2.24, 2.45) is 5.41 Å². The van der Waals surface area contributed by atoms with Gasteiger partial charge in [-0.3, -0.25) is 0 Å². The van der Waals surface area contributed by atoms with Gasteiger partial charge in [-0.2, -0.15) is 0 Å². The molecule has 3 nitrogen and oxygen atoms in total. The van der Waals surface area contributed by atoms with Crippen molar-refractivity contribution in [1.29, 1.82) is 0 Å². The maximum absolute atomic E-state index is 10.6. The molecule has 20 heavy (non-hydrogen) atoms. The van der Waals surface area contributed by atoms with Crippen molar-refractivity contribution in [3.05, 3.63) is 35.9 Å². The highest BCUT2D eigenvalue weighted by Gasteiger charge is 2.32. The van der Waals surface area contributed by atoms with E-state index in [2.05, 4.69) is 30.6 Å². The van der Waals surface area contributed by atoms with Gasteiger partial charge in [0, 0.05) is 38.1 Å². The highest BCUT2D eigenvalue weighted by atomic mass is 16.3. The summed E-state index contributed by atoms with van der Waals surface area (Å²) in [5.41, 5.74) is 0.889. The van der Waals surface area contributed by atoms with Crippen LogP contribution in [0.3, 0.4) is 0 Å². The van der Waals surface area contributed by atoms with Crippen LogP contribution in [0.2, 0.25) is 0 Å². The highest BCUT2D eigenvalue weighted by molar-refractivity contribution is 5.19. The minimum absolute atomic E-state index is 0.129. The van der Waals surface area contributed by atoms with Crippen LogP contribution in [0.15, 0.2) is 30.3 Å². The second kappa shape index (κ2) is 6.70. The average molecular weight is 276 g/mol. The van der Waals surface area contributed by atoms with Crippen molar-refractivity contribution in [3.8, 4) is 0 Å². The summed E-state index contributed by atoms with van der Waals surface area (Å²) in [4.78, 5) is 4.97. The van der Waals surface area contributed by atoms with Gasteiger partial charge in [-0.15, -0.1) is 0 Å². The number of likely N-dealkylation sites (N-methyl/N-ethyl adjacent to an activating group) is 1. The number of aliphatic hydroxyl groups is 1. The van der Waals surface area contributed by atoms with Gasteiger partial charge in [-0.1, -0.05) is 51.1 Å². The Balaban J connectivity index is 1.94. The van der Waals surface area contributed by atoms with E-state index in [1.807, 2.05) is 30.3 Å². The summed E-state index contributed by atoms with van der Waals surface area (Å²) in [5.74, 6) is 0. The molecule has 0 aromatic heterocycles. The van der Waals surface area contributed by atoms with Gasteiger partial charge in [0.25, 0.3) is 0 Å². The molecule has 1 saturated heterocycles. The number of nitrogens with zero attached hydrogens (tertiary/aromatic N) is 2. The third kappa shape index (κ3) is 3.81. The Bertz CT molecular complexity index is 397. The second-order valence-corrected chi connectivity index (χ2v) is 6.51. The zero-order valence-corrected chi connectivity index (χ0v) is 13.0. The lowest BCUT2D eigenvalue weighted by molar-refractivity contribution is 0.00784. The predicted molar refractivity (Wildman–Crippen MR) is 83.7 cm³/mol. The average Bonchev–Trinajstić information content (AvgIpc) is 2.48. The first-order valence-corrected chi connectivity index (χ1v) is 7.70. The van der Waals surface area contributed by atoms with Crippen molar-refractivity contribution < 1.29 is 5.11 Å². The Morgan fingerprint density at radius 3 is 2.15 bits per heavy atom. The molecule has 0 bridgehead atoms. The van der Waals surface area contributed by atoms with E-state index in [1.54, 1.807) is 0 Å². The van der Waals surface area contributed by atoms with Crippen LogP contribution in [0.4, 0.5) is 0 Å². The van der Waals surface area contributed by atoms with Crippen molar-refractivity contribution in [3.63, 3.8) is 0 Å². The van der Waals surface area contributed by atoms with E-state index < -0.39 is 6.10 Å². The number of piperazine rings is 1. The molecule has 0 spiro atoms. The largest absolute Gasteiger partial charge is 0.388 e. The molecule has 1 aromatic rings. The molecule has 1 fully saturated rings. The number of aliphatic hydroxyl groups excluding tert-OH is 1. The third-order valence-electron chi connectivity index (χ3n) is 4.40. The fraction of sp³-hybridized carbons (Fsp3) is 0.647. The summed E-state index contributed by atoms with van der Waals surface area (Å²) >= 11 is 0. The van der Waals surface area contributed by atoms with E-state index in [1.165, 1.54) is 0 Å². The lowest BCUT2D eigenvalue weighted by Crippen LogP contribution is -2.49. The number of hydrogen-bond donors (Lipinski definition) is 1. The summed E-state index contributed by atoms with van der Waals surface area (Å²) in [7, 11) is 0. The molecule has 0 amide bonds. The molecular weight excluding hydrogens is 248 g/mol. The van der Waals surface area contributed by atoms with Crippen LogP contribution >= 0.6 is 0 Å². The lowest BCUT2D eigenvalue weighted by atomic mass is 9.82. The fourth-order valence-corrected chi connectivity index (χ4v) is 3.01. The molecule has 0 saturated carbocycles. The Morgan fingerprint density at radius 1 is 1.05 bits per heavy atom. The molecule has 1 unspecified atom stereocenters. The quantitative estimate of drug-likeness (QED) is 0.894. The first-order valence-electron chi connectivity index (χ1n) is 7.70. The normalized spacial score (nSPS) is 20.0. The lowest BCUT2D eigenvalue weighted by Gasteiger charge is -2.40. The topological polar surface area (TPSA) is 26.7 Å². The summed E-state index contributed by atoms with van der Waals surface area (Å²) in [5, 5.41) is 10.6. The van der Waals surface area contributed by atoms with E-state index in [0.717, 1.165) is 44.8 Å². The fourth-order valence-electron chi connectivity index (χ4n) is 3.01. The van der Waals surface area contributed by atoms with Crippen LogP contribution in [-0.4, -0.2) is 54.2 Å². The molecule has 112 valence electrons. The van der Waals surface area contributed by atoms with Crippen molar-refractivity contribution in [2.45, 2.75) is 26.9 Å². The van der Waals surface area contributed by atoms with Crippen LogP contribution in [0.25, 0.3) is 0 Å². The summed E-state index contributed by atoms with van der Waals surface area (Å²) < 4.78 is 0. The van der Waals surface area contributed by atoms with Crippen LogP contribution in [0.5, 0.6) is 0 Å². The van der Waals surface area contributed by atoms with Gasteiger partial charge in [0.1, 0.15) is 0 Å². The van der Waals surface area contributed by atoms with Gasteiger partial charge in [0.2, 0.25) is 0 Å². The van der Waals surface area contributed by atoms with Gasteiger partial charge < -0.3 is 14.9 Å². The minimum Gasteiger partial charge on any atom is -0.388 e. The van der Waals surface area contributed by atoms with Gasteiger partial charge in [-0.25, -0.2) is 0 Å². The molecule has 1 atom stereocenters. The van der Waals surface area contributed by atoms with E-state index in [-0.39, 0.29) is 5.41 Å². The monoisotopic (exact) mass is 276 g/mol. The van der Waals surface area contributed by atoms with Crippen LogP contribution in [0, 0.1) is 5.41 Å². The van der Waals surface area contributed by atoms with E-state index in [0.29, 0.717) is 0 Å². The number of rotatable bonds is 5. The van der Waals surface area contributed by atoms with Gasteiger partial charge >= 0.3 is 0 Å². The number of benzene rings is 1.